The molecule has 32 heavy (non-hydrogen) atoms. The Morgan fingerprint density at radius 1 is 1.09 bits per heavy atom. The number of nitrogens with zero attached hydrogens (tertiary/aromatic N) is 2. The Morgan fingerprint density at radius 2 is 1.75 bits per heavy atom. The number of alkyl halides is 3. The van der Waals surface area contributed by atoms with Crippen LogP contribution in [0.5, 0.6) is 0 Å². The predicted octanol–water partition coefficient (Wildman–Crippen LogP) is 5.35. The summed E-state index contributed by atoms with van der Waals surface area (Å²) in [7, 11) is -1.50. The number of halogens is 3. The molecule has 1 aliphatic heterocycles. The van der Waals surface area contributed by atoms with Gasteiger partial charge in [0.05, 0.1) is 10.5 Å². The van der Waals surface area contributed by atoms with Gasteiger partial charge in [-0.15, -0.1) is 0 Å². The van der Waals surface area contributed by atoms with Crippen LogP contribution in [0, 0.1) is 5.92 Å². The van der Waals surface area contributed by atoms with E-state index in [4.69, 9.17) is 0 Å². The van der Waals surface area contributed by atoms with E-state index in [0.29, 0.717) is 30.1 Å². The second-order valence-corrected chi connectivity index (χ2v) is 9.81. The Balaban J connectivity index is 1.81. The molecule has 0 spiro atoms. The maximum Gasteiger partial charge on any atom is 0.416 e. The van der Waals surface area contributed by atoms with Crippen LogP contribution in [0.25, 0.3) is 0 Å². The Labute approximate surface area is 190 Å². The van der Waals surface area contributed by atoms with Crippen molar-refractivity contribution in [2.24, 2.45) is 5.92 Å². The number of hydrogen-bond acceptors (Lipinski definition) is 2. The van der Waals surface area contributed by atoms with Gasteiger partial charge in [0.2, 0.25) is 5.91 Å². The molecule has 1 amide bonds. The molecule has 1 aliphatic rings. The van der Waals surface area contributed by atoms with Gasteiger partial charge in [-0.25, -0.2) is 8.51 Å². The minimum Gasteiger partial charge on any atom is -0.338 e. The lowest BCUT2D eigenvalue weighted by Gasteiger charge is -2.31. The van der Waals surface area contributed by atoms with E-state index >= 15 is 0 Å². The molecule has 0 aliphatic carbocycles. The predicted molar refractivity (Wildman–Crippen MR) is 119 cm³/mol. The molecule has 2 atom stereocenters. The van der Waals surface area contributed by atoms with Crippen LogP contribution in [0.2, 0.25) is 0 Å². The van der Waals surface area contributed by atoms with Crippen molar-refractivity contribution >= 4 is 16.9 Å². The zero-order valence-electron chi connectivity index (χ0n) is 18.8. The fourth-order valence-electron chi connectivity index (χ4n) is 3.98. The minimum absolute atomic E-state index is 0.0750. The quantitative estimate of drug-likeness (QED) is 0.576. The molecule has 0 saturated heterocycles. The lowest BCUT2D eigenvalue weighted by molar-refractivity contribution is -0.137. The maximum atomic E-state index is 13.4. The average Bonchev–Trinajstić information content (AvgIpc) is 2.77. The van der Waals surface area contributed by atoms with Gasteiger partial charge in [0.25, 0.3) is 0 Å². The Morgan fingerprint density at radius 3 is 2.31 bits per heavy atom. The van der Waals surface area contributed by atoms with Crippen molar-refractivity contribution in [3.05, 3.63) is 64.7 Å². The molecule has 1 unspecified atom stereocenters. The third-order valence-corrected chi connectivity index (χ3v) is 7.53. The highest BCUT2D eigenvalue weighted by Crippen LogP contribution is 2.32. The Hall–Kier alpha value is -2.19. The number of fused-ring (bicyclic) bond motifs is 1. The zero-order chi connectivity index (χ0) is 23.6. The number of hydrogen-bond donors (Lipinski definition) is 0. The van der Waals surface area contributed by atoms with Crippen LogP contribution in [-0.2, 0) is 34.9 Å². The van der Waals surface area contributed by atoms with Gasteiger partial charge in [0, 0.05) is 31.6 Å². The summed E-state index contributed by atoms with van der Waals surface area (Å²) >= 11 is 0. The molecule has 174 valence electrons. The van der Waals surface area contributed by atoms with E-state index in [-0.39, 0.29) is 17.9 Å². The molecule has 3 rings (SSSR count). The van der Waals surface area contributed by atoms with Crippen molar-refractivity contribution in [3.8, 4) is 0 Å². The summed E-state index contributed by atoms with van der Waals surface area (Å²) < 4.78 is 53.8. The molecule has 8 heteroatoms. The van der Waals surface area contributed by atoms with E-state index in [0.717, 1.165) is 29.7 Å². The van der Waals surface area contributed by atoms with Crippen LogP contribution in [0.1, 0.15) is 56.0 Å². The van der Waals surface area contributed by atoms with Crippen LogP contribution in [0.4, 0.5) is 13.2 Å². The van der Waals surface area contributed by atoms with Crippen LogP contribution in [-0.4, -0.2) is 32.4 Å². The molecule has 1 heterocycles. The molecule has 0 fully saturated rings. The normalized spacial score (nSPS) is 16.2. The second-order valence-electron chi connectivity index (χ2n) is 8.37. The monoisotopic (exact) mass is 466 g/mol. The highest BCUT2D eigenvalue weighted by Gasteiger charge is 2.31. The summed E-state index contributed by atoms with van der Waals surface area (Å²) in [5.74, 6) is 0.0299. The van der Waals surface area contributed by atoms with Crippen molar-refractivity contribution in [3.63, 3.8) is 0 Å². The zero-order valence-corrected chi connectivity index (χ0v) is 19.6. The first-order valence-corrected chi connectivity index (χ1v) is 11.9. The molecule has 0 N–H and O–H groups in total. The third kappa shape index (κ3) is 5.23. The fourth-order valence-corrected chi connectivity index (χ4v) is 5.32. The first kappa shape index (κ1) is 24.5. The summed E-state index contributed by atoms with van der Waals surface area (Å²) in [5, 5.41) is 0. The van der Waals surface area contributed by atoms with E-state index in [1.807, 2.05) is 50.8 Å². The van der Waals surface area contributed by atoms with Gasteiger partial charge in [-0.2, -0.15) is 13.2 Å². The number of benzene rings is 2. The average molecular weight is 467 g/mol. The number of amides is 1. The molecule has 2 aromatic carbocycles. The number of rotatable bonds is 6. The minimum atomic E-state index is -4.39. The van der Waals surface area contributed by atoms with Gasteiger partial charge in [0.1, 0.15) is 11.0 Å². The second kappa shape index (κ2) is 9.75. The van der Waals surface area contributed by atoms with E-state index in [1.165, 1.54) is 12.1 Å². The van der Waals surface area contributed by atoms with E-state index < -0.39 is 22.7 Å². The SMILES string of the molecule is CCN([C@@H](C)c1ccc(C(F)(F)F)cc1)S(=O)c1ccc2c(c1)CN(C(=O)C(C)C)CC2. The topological polar surface area (TPSA) is 40.6 Å². The summed E-state index contributed by atoms with van der Waals surface area (Å²) in [6.45, 7) is 9.11. The first-order valence-electron chi connectivity index (χ1n) is 10.8. The summed E-state index contributed by atoms with van der Waals surface area (Å²) in [5.41, 5.74) is 2.11. The molecule has 4 nitrogen and oxygen atoms in total. The van der Waals surface area contributed by atoms with Gasteiger partial charge in [-0.3, -0.25) is 4.79 Å². The summed E-state index contributed by atoms with van der Waals surface area (Å²) in [4.78, 5) is 14.9. The number of carbonyl (C=O) groups excluding carboxylic acids is 1. The third-order valence-electron chi connectivity index (χ3n) is 5.87. The van der Waals surface area contributed by atoms with Crippen LogP contribution >= 0.6 is 0 Å². The van der Waals surface area contributed by atoms with Gasteiger partial charge >= 0.3 is 6.18 Å². The van der Waals surface area contributed by atoms with Crippen LogP contribution in [0.3, 0.4) is 0 Å². The van der Waals surface area contributed by atoms with Crippen molar-refractivity contribution < 1.29 is 22.2 Å². The van der Waals surface area contributed by atoms with Crippen molar-refractivity contribution in [1.29, 1.82) is 0 Å². The molecular formula is C24H29F3N2O2S. The summed E-state index contributed by atoms with van der Waals surface area (Å²) in [6, 6.07) is 10.4. The van der Waals surface area contributed by atoms with Gasteiger partial charge < -0.3 is 4.90 Å². The summed E-state index contributed by atoms with van der Waals surface area (Å²) in [6.07, 6.45) is -3.62. The van der Waals surface area contributed by atoms with Crippen LogP contribution < -0.4 is 0 Å². The highest BCUT2D eigenvalue weighted by molar-refractivity contribution is 7.82. The fraction of sp³-hybridized carbons (Fsp3) is 0.458. The van der Waals surface area contributed by atoms with Gasteiger partial charge in [-0.05, 0) is 54.3 Å². The molecule has 0 aromatic heterocycles. The molecular weight excluding hydrogens is 437 g/mol. The standard InChI is InChI=1S/C24H29F3N2O2S/c1-5-29(17(4)18-6-9-21(10-7-18)24(25,26)27)32(31)22-11-8-19-12-13-28(15-20(19)14-22)23(30)16(2)3/h6-11,14,16-17H,5,12-13,15H2,1-4H3/t17-,32?/m0/s1. The smallest absolute Gasteiger partial charge is 0.338 e. The maximum absolute atomic E-state index is 13.4. The van der Waals surface area contributed by atoms with Crippen LogP contribution in [0.15, 0.2) is 47.4 Å². The van der Waals surface area contributed by atoms with E-state index in [9.17, 15) is 22.2 Å². The molecule has 0 saturated carbocycles. The number of carbonyl (C=O) groups is 1. The Bertz CT molecular complexity index is 990. The highest BCUT2D eigenvalue weighted by atomic mass is 32.2. The van der Waals surface area contributed by atoms with Crippen molar-refractivity contribution in [2.45, 2.75) is 57.8 Å². The van der Waals surface area contributed by atoms with E-state index in [2.05, 4.69) is 0 Å². The Kier molecular flexibility index (Phi) is 7.45. The molecule has 0 bridgehead atoms. The lowest BCUT2D eigenvalue weighted by Crippen LogP contribution is -2.38. The van der Waals surface area contributed by atoms with E-state index in [1.54, 1.807) is 4.31 Å². The van der Waals surface area contributed by atoms with Crippen molar-refractivity contribution in [1.82, 2.24) is 9.21 Å². The van der Waals surface area contributed by atoms with Gasteiger partial charge in [0.15, 0.2) is 0 Å². The lowest BCUT2D eigenvalue weighted by atomic mass is 9.99. The molecule has 0 radical (unpaired) electrons. The largest absolute Gasteiger partial charge is 0.416 e. The van der Waals surface area contributed by atoms with Gasteiger partial charge in [-0.1, -0.05) is 39.0 Å². The molecule has 2 aromatic rings. The first-order chi connectivity index (χ1) is 15.0. The van der Waals surface area contributed by atoms with Crippen molar-refractivity contribution in [2.75, 3.05) is 13.1 Å².